The van der Waals surface area contributed by atoms with Crippen LogP contribution in [0.3, 0.4) is 0 Å². The lowest BCUT2D eigenvalue weighted by molar-refractivity contribution is -0.145. The molecule has 1 saturated carbocycles. The number of hydrogen-bond acceptors (Lipinski definition) is 3. The van der Waals surface area contributed by atoms with Gasteiger partial charge >= 0.3 is 0 Å². The van der Waals surface area contributed by atoms with Crippen molar-refractivity contribution in [3.8, 4) is 0 Å². The molecule has 2 atom stereocenters. The summed E-state index contributed by atoms with van der Waals surface area (Å²) in [6, 6.07) is 7.81. The van der Waals surface area contributed by atoms with Crippen LogP contribution in [-0.2, 0) is 16.0 Å². The highest BCUT2D eigenvalue weighted by molar-refractivity contribution is 5.96. The van der Waals surface area contributed by atoms with Crippen LogP contribution in [0.1, 0.15) is 38.2 Å². The average Bonchev–Trinajstić information content (AvgIpc) is 3.06. The number of carbonyl (C=O) groups is 2. The fourth-order valence-corrected chi connectivity index (χ4v) is 4.48. The van der Waals surface area contributed by atoms with Crippen molar-refractivity contribution in [2.75, 3.05) is 32.0 Å². The van der Waals surface area contributed by atoms with Gasteiger partial charge in [0, 0.05) is 19.3 Å². The molecule has 2 aliphatic rings. The maximum atomic E-state index is 13.1. The van der Waals surface area contributed by atoms with Crippen LogP contribution in [0.25, 0.3) is 0 Å². The number of nitrogens with zero attached hydrogens (tertiary/aromatic N) is 1. The summed E-state index contributed by atoms with van der Waals surface area (Å²) in [6.07, 6.45) is 5.23. The highest BCUT2D eigenvalue weighted by Gasteiger charge is 2.50. The monoisotopic (exact) mass is 343 g/mol. The first kappa shape index (κ1) is 17.9. The van der Waals surface area contributed by atoms with E-state index in [1.54, 1.807) is 11.9 Å². The zero-order valence-electron chi connectivity index (χ0n) is 15.3. The van der Waals surface area contributed by atoms with Gasteiger partial charge in [0.25, 0.3) is 0 Å². The van der Waals surface area contributed by atoms with E-state index in [-0.39, 0.29) is 23.8 Å². The largest absolute Gasteiger partial charge is 0.336 e. The zero-order chi connectivity index (χ0) is 17.9. The molecule has 136 valence electrons. The molecule has 1 aliphatic heterocycles. The van der Waals surface area contributed by atoms with Crippen molar-refractivity contribution in [1.29, 1.82) is 0 Å². The van der Waals surface area contributed by atoms with Crippen LogP contribution in [0.2, 0.25) is 0 Å². The Kier molecular flexibility index (Phi) is 5.42. The summed E-state index contributed by atoms with van der Waals surface area (Å²) >= 11 is 0. The van der Waals surface area contributed by atoms with Crippen LogP contribution in [0.4, 0.5) is 5.69 Å². The van der Waals surface area contributed by atoms with Gasteiger partial charge in [0.2, 0.25) is 11.8 Å². The molecule has 2 amide bonds. The Morgan fingerprint density at radius 2 is 2.12 bits per heavy atom. The first-order valence-corrected chi connectivity index (χ1v) is 9.41. The van der Waals surface area contributed by atoms with Crippen LogP contribution in [0, 0.1) is 11.3 Å². The molecule has 0 spiro atoms. The third-order valence-corrected chi connectivity index (χ3v) is 5.86. The Balaban J connectivity index is 1.64. The Morgan fingerprint density at radius 1 is 1.32 bits per heavy atom. The molecule has 1 aromatic rings. The molecular weight excluding hydrogens is 314 g/mol. The second kappa shape index (κ2) is 7.56. The summed E-state index contributed by atoms with van der Waals surface area (Å²) in [5, 5.41) is 6.36. The van der Waals surface area contributed by atoms with Crippen LogP contribution in [0.5, 0.6) is 0 Å². The van der Waals surface area contributed by atoms with Crippen molar-refractivity contribution in [3.05, 3.63) is 29.8 Å². The minimum atomic E-state index is -0.297. The Bertz CT molecular complexity index is 646. The maximum Gasteiger partial charge on any atom is 0.243 e. The predicted octanol–water partition coefficient (Wildman–Crippen LogP) is 2.43. The number of anilines is 1. The van der Waals surface area contributed by atoms with Crippen LogP contribution in [0.15, 0.2) is 24.3 Å². The standard InChI is InChI=1S/C20H29N3O2/c1-3-15-8-4-5-10-17(15)22-18(24)13-23(2)19(25)20-11-7-6-9-16(20)12-21-14-20/h4-5,8,10,16,21H,3,6-7,9,11-14H2,1-2H3,(H,22,24)/t16-,20+/m0/s1. The van der Waals surface area contributed by atoms with E-state index in [4.69, 9.17) is 0 Å². The number of fused-ring (bicyclic) bond motifs is 1. The molecule has 0 unspecified atom stereocenters. The third kappa shape index (κ3) is 3.56. The first-order chi connectivity index (χ1) is 12.1. The summed E-state index contributed by atoms with van der Waals surface area (Å²) in [6.45, 7) is 3.85. The van der Waals surface area contributed by atoms with Gasteiger partial charge in [-0.05, 0) is 43.4 Å². The molecule has 2 N–H and O–H groups in total. The number of rotatable bonds is 5. The number of likely N-dealkylation sites (N-methyl/N-ethyl adjacent to an activating group) is 1. The molecular formula is C20H29N3O2. The van der Waals surface area contributed by atoms with Crippen LogP contribution in [-0.4, -0.2) is 43.4 Å². The molecule has 0 aromatic heterocycles. The Morgan fingerprint density at radius 3 is 2.92 bits per heavy atom. The lowest BCUT2D eigenvalue weighted by atomic mass is 9.67. The number of amides is 2. The van der Waals surface area contributed by atoms with Crippen LogP contribution >= 0.6 is 0 Å². The van der Waals surface area contributed by atoms with Gasteiger partial charge in [0.1, 0.15) is 0 Å². The van der Waals surface area contributed by atoms with E-state index in [1.165, 1.54) is 6.42 Å². The summed E-state index contributed by atoms with van der Waals surface area (Å²) in [4.78, 5) is 27.2. The van der Waals surface area contributed by atoms with E-state index in [1.807, 2.05) is 24.3 Å². The van der Waals surface area contributed by atoms with E-state index in [0.717, 1.165) is 50.0 Å². The van der Waals surface area contributed by atoms with Gasteiger partial charge in [-0.15, -0.1) is 0 Å². The lowest BCUT2D eigenvalue weighted by Crippen LogP contribution is -2.50. The van der Waals surface area contributed by atoms with E-state index in [0.29, 0.717) is 5.92 Å². The minimum Gasteiger partial charge on any atom is -0.336 e. The SMILES string of the molecule is CCc1ccccc1NC(=O)CN(C)C(=O)[C@@]12CCCC[C@H]1CNC2. The molecule has 25 heavy (non-hydrogen) atoms. The molecule has 1 heterocycles. The fourth-order valence-electron chi connectivity index (χ4n) is 4.48. The highest BCUT2D eigenvalue weighted by Crippen LogP contribution is 2.44. The second-order valence-corrected chi connectivity index (χ2v) is 7.45. The molecule has 1 saturated heterocycles. The van der Waals surface area contributed by atoms with Crippen molar-refractivity contribution in [3.63, 3.8) is 0 Å². The van der Waals surface area contributed by atoms with Gasteiger partial charge < -0.3 is 15.5 Å². The van der Waals surface area contributed by atoms with Crippen molar-refractivity contribution in [1.82, 2.24) is 10.2 Å². The number of para-hydroxylation sites is 1. The third-order valence-electron chi connectivity index (χ3n) is 5.86. The second-order valence-electron chi connectivity index (χ2n) is 7.45. The smallest absolute Gasteiger partial charge is 0.243 e. The molecule has 3 rings (SSSR count). The van der Waals surface area contributed by atoms with Gasteiger partial charge in [-0.2, -0.15) is 0 Å². The fraction of sp³-hybridized carbons (Fsp3) is 0.600. The van der Waals surface area contributed by atoms with Crippen molar-refractivity contribution >= 4 is 17.5 Å². The lowest BCUT2D eigenvalue weighted by Gasteiger charge is -2.39. The number of aryl methyl sites for hydroxylation is 1. The maximum absolute atomic E-state index is 13.1. The van der Waals surface area contributed by atoms with Gasteiger partial charge in [-0.3, -0.25) is 9.59 Å². The molecule has 5 nitrogen and oxygen atoms in total. The topological polar surface area (TPSA) is 61.4 Å². The number of hydrogen-bond donors (Lipinski definition) is 2. The molecule has 1 aromatic carbocycles. The number of nitrogens with one attached hydrogen (secondary N) is 2. The van der Waals surface area contributed by atoms with E-state index >= 15 is 0 Å². The van der Waals surface area contributed by atoms with Crippen molar-refractivity contribution in [2.45, 2.75) is 39.0 Å². The molecule has 0 bridgehead atoms. The Hall–Kier alpha value is -1.88. The summed E-state index contributed by atoms with van der Waals surface area (Å²) in [5.74, 6) is 0.410. The predicted molar refractivity (Wildman–Crippen MR) is 99.3 cm³/mol. The van der Waals surface area contributed by atoms with E-state index < -0.39 is 0 Å². The highest BCUT2D eigenvalue weighted by atomic mass is 16.2. The van der Waals surface area contributed by atoms with E-state index in [9.17, 15) is 9.59 Å². The van der Waals surface area contributed by atoms with E-state index in [2.05, 4.69) is 17.6 Å². The van der Waals surface area contributed by atoms with Crippen LogP contribution < -0.4 is 10.6 Å². The summed E-state index contributed by atoms with van der Waals surface area (Å²) < 4.78 is 0. The van der Waals surface area contributed by atoms with Crippen molar-refractivity contribution in [2.24, 2.45) is 11.3 Å². The van der Waals surface area contributed by atoms with Crippen molar-refractivity contribution < 1.29 is 9.59 Å². The zero-order valence-corrected chi connectivity index (χ0v) is 15.3. The van der Waals surface area contributed by atoms with Gasteiger partial charge in [-0.25, -0.2) is 0 Å². The first-order valence-electron chi connectivity index (χ1n) is 9.41. The Labute approximate surface area is 150 Å². The summed E-state index contributed by atoms with van der Waals surface area (Å²) in [5.41, 5.74) is 1.65. The molecule has 2 fully saturated rings. The molecule has 0 radical (unpaired) electrons. The average molecular weight is 343 g/mol. The van der Waals surface area contributed by atoms with Gasteiger partial charge in [0.15, 0.2) is 0 Å². The number of benzene rings is 1. The molecule has 5 heteroatoms. The summed E-state index contributed by atoms with van der Waals surface area (Å²) in [7, 11) is 1.76. The minimum absolute atomic E-state index is 0.103. The van der Waals surface area contributed by atoms with Gasteiger partial charge in [-0.1, -0.05) is 38.0 Å². The molecule has 1 aliphatic carbocycles. The normalized spacial score (nSPS) is 25.3. The quantitative estimate of drug-likeness (QED) is 0.863. The van der Waals surface area contributed by atoms with Gasteiger partial charge in [0.05, 0.1) is 12.0 Å². The number of carbonyl (C=O) groups excluding carboxylic acids is 2.